The lowest BCUT2D eigenvalue weighted by molar-refractivity contribution is 0.00578. The van der Waals surface area contributed by atoms with Crippen LogP contribution in [0.2, 0.25) is 0 Å². The average molecular weight is 305 g/mol. The molecule has 0 saturated carbocycles. The number of ether oxygens (including phenoxy) is 2. The third-order valence-electron chi connectivity index (χ3n) is 5.06. The van der Waals surface area contributed by atoms with Gasteiger partial charge in [-0.3, -0.25) is 0 Å². The van der Waals surface area contributed by atoms with E-state index >= 15 is 0 Å². The maximum absolute atomic E-state index is 6.16. The van der Waals surface area contributed by atoms with E-state index < -0.39 is 7.12 Å². The van der Waals surface area contributed by atoms with E-state index in [0.29, 0.717) is 5.90 Å². The zero-order chi connectivity index (χ0) is 16.3. The standard InChI is InChI=1S/C16H24BNO4/c1-9-13-12(20-10(2)18-13)8-11(14(9)19-7)17-21-15(3,4)16(5,6)22-17/h8,12-13H,1-7H3. The molecule has 0 aromatic heterocycles. The number of hydrogen-bond donors (Lipinski definition) is 0. The van der Waals surface area contributed by atoms with Crippen molar-refractivity contribution in [1.29, 1.82) is 0 Å². The minimum Gasteiger partial charge on any atom is -0.497 e. The molecule has 1 aliphatic carbocycles. The first-order chi connectivity index (χ1) is 10.2. The number of methoxy groups -OCH3 is 1. The Morgan fingerprint density at radius 3 is 2.27 bits per heavy atom. The molecule has 2 atom stereocenters. The summed E-state index contributed by atoms with van der Waals surface area (Å²) < 4.78 is 23.8. The molecule has 0 radical (unpaired) electrons. The molecule has 1 saturated heterocycles. The molecule has 3 rings (SSSR count). The first-order valence-corrected chi connectivity index (χ1v) is 7.70. The van der Waals surface area contributed by atoms with Crippen molar-refractivity contribution in [3.8, 4) is 0 Å². The van der Waals surface area contributed by atoms with Crippen LogP contribution in [0.4, 0.5) is 0 Å². The summed E-state index contributed by atoms with van der Waals surface area (Å²) in [7, 11) is 1.21. The monoisotopic (exact) mass is 305 g/mol. The number of fused-ring (bicyclic) bond motifs is 1. The molecule has 2 unspecified atom stereocenters. The van der Waals surface area contributed by atoms with Gasteiger partial charge in [0.05, 0.1) is 18.3 Å². The zero-order valence-corrected chi connectivity index (χ0v) is 14.4. The minimum atomic E-state index is -0.458. The van der Waals surface area contributed by atoms with Crippen LogP contribution in [0.3, 0.4) is 0 Å². The van der Waals surface area contributed by atoms with Crippen LogP contribution in [0.15, 0.2) is 27.9 Å². The number of nitrogens with zero attached hydrogens (tertiary/aromatic N) is 1. The second-order valence-corrected chi connectivity index (χ2v) is 7.10. The van der Waals surface area contributed by atoms with Gasteiger partial charge >= 0.3 is 7.12 Å². The van der Waals surface area contributed by atoms with Gasteiger partial charge in [0.1, 0.15) is 17.9 Å². The van der Waals surface area contributed by atoms with Gasteiger partial charge in [0.25, 0.3) is 0 Å². The van der Waals surface area contributed by atoms with Crippen molar-refractivity contribution in [3.63, 3.8) is 0 Å². The highest BCUT2D eigenvalue weighted by molar-refractivity contribution is 6.56. The van der Waals surface area contributed by atoms with Crippen LogP contribution < -0.4 is 0 Å². The maximum Gasteiger partial charge on any atom is 0.498 e. The van der Waals surface area contributed by atoms with Crippen molar-refractivity contribution < 1.29 is 18.8 Å². The Balaban J connectivity index is 1.96. The van der Waals surface area contributed by atoms with Crippen LogP contribution in [0, 0.1) is 0 Å². The lowest BCUT2D eigenvalue weighted by atomic mass is 9.71. The maximum atomic E-state index is 6.16. The lowest BCUT2D eigenvalue weighted by Gasteiger charge is -2.32. The molecule has 6 heteroatoms. The summed E-state index contributed by atoms with van der Waals surface area (Å²) in [6, 6.07) is -0.0128. The summed E-state index contributed by atoms with van der Waals surface area (Å²) in [5.41, 5.74) is 1.18. The smallest absolute Gasteiger partial charge is 0.497 e. The second kappa shape index (κ2) is 4.86. The predicted molar refractivity (Wildman–Crippen MR) is 85.6 cm³/mol. The van der Waals surface area contributed by atoms with Crippen LogP contribution in [-0.2, 0) is 18.8 Å². The molecule has 0 aromatic rings. The Hall–Kier alpha value is -1.27. The Morgan fingerprint density at radius 2 is 1.73 bits per heavy atom. The third kappa shape index (κ3) is 2.20. The molecule has 22 heavy (non-hydrogen) atoms. The predicted octanol–water partition coefficient (Wildman–Crippen LogP) is 2.66. The molecule has 0 amide bonds. The molecular formula is C16H24BNO4. The van der Waals surface area contributed by atoms with Gasteiger partial charge in [-0.1, -0.05) is 0 Å². The van der Waals surface area contributed by atoms with Crippen molar-refractivity contribution in [2.45, 2.75) is 64.9 Å². The van der Waals surface area contributed by atoms with E-state index in [1.54, 1.807) is 7.11 Å². The Kier molecular flexibility index (Phi) is 3.45. The molecule has 2 aliphatic heterocycles. The summed E-state index contributed by atoms with van der Waals surface area (Å²) in [5, 5.41) is 0. The molecule has 0 aromatic carbocycles. The molecule has 0 spiro atoms. The summed E-state index contributed by atoms with van der Waals surface area (Å²) in [4.78, 5) is 4.54. The van der Waals surface area contributed by atoms with Gasteiger partial charge in [-0.2, -0.15) is 0 Å². The molecular weight excluding hydrogens is 281 g/mol. The molecule has 5 nitrogen and oxygen atoms in total. The third-order valence-corrected chi connectivity index (χ3v) is 5.06. The SMILES string of the molecule is COC1=C(C)C2N=C(C)OC2C=C1B1OC(C)(C)C(C)(C)O1. The largest absolute Gasteiger partial charge is 0.498 e. The van der Waals surface area contributed by atoms with Crippen LogP contribution in [-0.4, -0.2) is 43.5 Å². The molecule has 0 N–H and O–H groups in total. The van der Waals surface area contributed by atoms with Gasteiger partial charge in [0.2, 0.25) is 0 Å². The van der Waals surface area contributed by atoms with Crippen LogP contribution in [0.25, 0.3) is 0 Å². The number of hydrogen-bond acceptors (Lipinski definition) is 5. The van der Waals surface area contributed by atoms with E-state index in [1.807, 2.05) is 47.6 Å². The first-order valence-electron chi connectivity index (χ1n) is 7.70. The lowest BCUT2D eigenvalue weighted by Crippen LogP contribution is -2.41. The summed E-state index contributed by atoms with van der Waals surface area (Å²) in [5.74, 6) is 1.50. The van der Waals surface area contributed by atoms with Crippen LogP contribution >= 0.6 is 0 Å². The highest BCUT2D eigenvalue weighted by Gasteiger charge is 2.54. The fourth-order valence-corrected chi connectivity index (χ4v) is 3.08. The Bertz CT molecular complexity index is 575. The van der Waals surface area contributed by atoms with Crippen molar-refractivity contribution in [1.82, 2.24) is 0 Å². The number of aliphatic imine (C=N–C) groups is 1. The molecule has 1 fully saturated rings. The van der Waals surface area contributed by atoms with Gasteiger partial charge in [-0.05, 0) is 46.3 Å². The second-order valence-electron chi connectivity index (χ2n) is 7.10. The average Bonchev–Trinajstić information content (AvgIpc) is 2.87. The van der Waals surface area contributed by atoms with Crippen molar-refractivity contribution in [2.24, 2.45) is 4.99 Å². The number of rotatable bonds is 2. The van der Waals surface area contributed by atoms with Crippen molar-refractivity contribution in [3.05, 3.63) is 22.9 Å². The van der Waals surface area contributed by atoms with Crippen LogP contribution in [0.1, 0.15) is 41.5 Å². The summed E-state index contributed by atoms with van der Waals surface area (Å²) in [6.07, 6.45) is 1.92. The van der Waals surface area contributed by atoms with Gasteiger partial charge < -0.3 is 18.8 Å². The highest BCUT2D eigenvalue weighted by atomic mass is 16.7. The van der Waals surface area contributed by atoms with E-state index in [4.69, 9.17) is 18.8 Å². The quantitative estimate of drug-likeness (QED) is 0.736. The molecule has 3 aliphatic rings. The van der Waals surface area contributed by atoms with E-state index in [2.05, 4.69) is 4.99 Å². The van der Waals surface area contributed by atoms with E-state index in [9.17, 15) is 0 Å². The van der Waals surface area contributed by atoms with E-state index in [-0.39, 0.29) is 23.3 Å². The summed E-state index contributed by atoms with van der Waals surface area (Å²) >= 11 is 0. The van der Waals surface area contributed by atoms with Gasteiger partial charge in [0, 0.05) is 12.4 Å². The van der Waals surface area contributed by atoms with Gasteiger partial charge in [0.15, 0.2) is 5.90 Å². The zero-order valence-electron chi connectivity index (χ0n) is 14.4. The molecule has 120 valence electrons. The fourth-order valence-electron chi connectivity index (χ4n) is 3.08. The summed E-state index contributed by atoms with van der Waals surface area (Å²) in [6.45, 7) is 12.1. The first kappa shape index (κ1) is 15.6. The molecule has 2 heterocycles. The van der Waals surface area contributed by atoms with Crippen molar-refractivity contribution >= 4 is 13.0 Å². The topological polar surface area (TPSA) is 49.3 Å². The Labute approximate surface area is 132 Å². The van der Waals surface area contributed by atoms with Crippen LogP contribution in [0.5, 0.6) is 0 Å². The Morgan fingerprint density at radius 1 is 1.14 bits per heavy atom. The van der Waals surface area contributed by atoms with Gasteiger partial charge in [-0.25, -0.2) is 4.99 Å². The number of allylic oxidation sites excluding steroid dienone is 1. The van der Waals surface area contributed by atoms with Crippen molar-refractivity contribution in [2.75, 3.05) is 7.11 Å². The highest BCUT2D eigenvalue weighted by Crippen LogP contribution is 2.42. The minimum absolute atomic E-state index is 0.0128. The van der Waals surface area contributed by atoms with E-state index in [0.717, 1.165) is 16.8 Å². The molecule has 0 bridgehead atoms. The van der Waals surface area contributed by atoms with Gasteiger partial charge in [-0.15, -0.1) is 0 Å². The fraction of sp³-hybridized carbons (Fsp3) is 0.688. The normalized spacial score (nSPS) is 32.4. The van der Waals surface area contributed by atoms with E-state index in [1.165, 1.54) is 0 Å².